The number of nitrogens with one attached hydrogen (secondary N) is 1. The molecule has 7 heteroatoms. The molecule has 0 spiro atoms. The van der Waals surface area contributed by atoms with Crippen molar-refractivity contribution in [3.63, 3.8) is 0 Å². The molecule has 0 aliphatic carbocycles. The summed E-state index contributed by atoms with van der Waals surface area (Å²) in [6.07, 6.45) is -0.239. The first kappa shape index (κ1) is 12.7. The Kier molecular flexibility index (Phi) is 3.90. The van der Waals surface area contributed by atoms with Gasteiger partial charge in [-0.1, -0.05) is 0 Å². The largest absolute Gasteiger partial charge is 0.479 e. The SMILES string of the molecule is O=C(N[C@]1(C(=O)O)CCSC1)[C@@H]1COCCO1. The Labute approximate surface area is 103 Å². The second-order valence-corrected chi connectivity index (χ2v) is 5.22. The van der Waals surface area contributed by atoms with E-state index in [2.05, 4.69) is 5.32 Å². The molecule has 2 aliphatic rings. The van der Waals surface area contributed by atoms with Crippen molar-refractivity contribution in [2.75, 3.05) is 31.3 Å². The van der Waals surface area contributed by atoms with Crippen molar-refractivity contribution in [1.29, 1.82) is 0 Å². The van der Waals surface area contributed by atoms with Crippen molar-refractivity contribution in [1.82, 2.24) is 5.32 Å². The summed E-state index contributed by atoms with van der Waals surface area (Å²) in [4.78, 5) is 23.1. The molecule has 96 valence electrons. The van der Waals surface area contributed by atoms with Crippen molar-refractivity contribution in [2.24, 2.45) is 0 Å². The van der Waals surface area contributed by atoms with E-state index in [4.69, 9.17) is 9.47 Å². The van der Waals surface area contributed by atoms with Crippen LogP contribution in [0, 0.1) is 0 Å². The van der Waals surface area contributed by atoms with E-state index in [9.17, 15) is 14.7 Å². The molecule has 0 aromatic heterocycles. The number of carbonyl (C=O) groups excluding carboxylic acids is 1. The van der Waals surface area contributed by atoms with Gasteiger partial charge in [-0.2, -0.15) is 11.8 Å². The zero-order valence-corrected chi connectivity index (χ0v) is 10.1. The van der Waals surface area contributed by atoms with Crippen LogP contribution in [0.15, 0.2) is 0 Å². The van der Waals surface area contributed by atoms with E-state index in [0.717, 1.165) is 5.75 Å². The zero-order chi connectivity index (χ0) is 12.3. The van der Waals surface area contributed by atoms with Crippen LogP contribution in [0.25, 0.3) is 0 Å². The molecule has 0 aromatic rings. The number of hydrogen-bond donors (Lipinski definition) is 2. The fraction of sp³-hybridized carbons (Fsp3) is 0.800. The van der Waals surface area contributed by atoms with Gasteiger partial charge in [-0.25, -0.2) is 4.79 Å². The number of ether oxygens (including phenoxy) is 2. The highest BCUT2D eigenvalue weighted by atomic mass is 32.2. The second kappa shape index (κ2) is 5.24. The molecule has 2 saturated heterocycles. The van der Waals surface area contributed by atoms with Gasteiger partial charge in [-0.05, 0) is 12.2 Å². The van der Waals surface area contributed by atoms with Gasteiger partial charge in [0.2, 0.25) is 0 Å². The number of thioether (sulfide) groups is 1. The minimum atomic E-state index is -1.14. The Bertz CT molecular complexity index is 310. The third kappa shape index (κ3) is 2.72. The summed E-state index contributed by atoms with van der Waals surface area (Å²) in [6, 6.07) is 0. The molecule has 2 rings (SSSR count). The molecule has 2 N–H and O–H groups in total. The van der Waals surface area contributed by atoms with Gasteiger partial charge in [0.1, 0.15) is 5.54 Å². The molecule has 6 nitrogen and oxygen atoms in total. The van der Waals surface area contributed by atoms with Crippen LogP contribution < -0.4 is 5.32 Å². The maximum atomic E-state index is 11.9. The van der Waals surface area contributed by atoms with Gasteiger partial charge in [0.25, 0.3) is 5.91 Å². The third-order valence-corrected chi connectivity index (χ3v) is 4.09. The average molecular weight is 261 g/mol. The van der Waals surface area contributed by atoms with Gasteiger partial charge in [-0.15, -0.1) is 0 Å². The number of rotatable bonds is 3. The molecule has 0 aromatic carbocycles. The lowest BCUT2D eigenvalue weighted by molar-refractivity contribution is -0.155. The Morgan fingerprint density at radius 1 is 1.41 bits per heavy atom. The van der Waals surface area contributed by atoms with Crippen LogP contribution >= 0.6 is 11.8 Å². The lowest BCUT2D eigenvalue weighted by atomic mass is 9.99. The van der Waals surface area contributed by atoms with E-state index >= 15 is 0 Å². The topological polar surface area (TPSA) is 84.9 Å². The monoisotopic (exact) mass is 261 g/mol. The van der Waals surface area contributed by atoms with Crippen LogP contribution in [-0.4, -0.2) is 60.0 Å². The molecule has 0 radical (unpaired) electrons. The van der Waals surface area contributed by atoms with Gasteiger partial charge >= 0.3 is 5.97 Å². The molecule has 0 unspecified atom stereocenters. The van der Waals surface area contributed by atoms with Crippen molar-refractivity contribution >= 4 is 23.6 Å². The number of carboxylic acids is 1. The van der Waals surface area contributed by atoms with Gasteiger partial charge in [0.05, 0.1) is 19.8 Å². The van der Waals surface area contributed by atoms with E-state index in [1.165, 1.54) is 11.8 Å². The normalized spacial score (nSPS) is 33.3. The number of hydrogen-bond acceptors (Lipinski definition) is 5. The number of carbonyl (C=O) groups is 2. The quantitative estimate of drug-likeness (QED) is 0.711. The van der Waals surface area contributed by atoms with Crippen molar-refractivity contribution < 1.29 is 24.2 Å². The highest BCUT2D eigenvalue weighted by molar-refractivity contribution is 7.99. The Balaban J connectivity index is 1.98. The lowest BCUT2D eigenvalue weighted by Gasteiger charge is -2.28. The first-order valence-corrected chi connectivity index (χ1v) is 6.62. The fourth-order valence-electron chi connectivity index (χ4n) is 1.84. The smallest absolute Gasteiger partial charge is 0.330 e. The lowest BCUT2D eigenvalue weighted by Crippen LogP contribution is -2.58. The van der Waals surface area contributed by atoms with E-state index < -0.39 is 23.5 Å². The summed E-state index contributed by atoms with van der Waals surface area (Å²) in [5.41, 5.74) is -1.14. The first-order chi connectivity index (χ1) is 8.14. The van der Waals surface area contributed by atoms with Crippen LogP contribution in [0.4, 0.5) is 0 Å². The summed E-state index contributed by atoms with van der Waals surface area (Å²) in [5.74, 6) is -0.224. The molecule has 17 heavy (non-hydrogen) atoms. The summed E-state index contributed by atoms with van der Waals surface area (Å²) < 4.78 is 10.4. The van der Waals surface area contributed by atoms with Gasteiger partial charge in [0.15, 0.2) is 6.10 Å². The first-order valence-electron chi connectivity index (χ1n) is 5.46. The van der Waals surface area contributed by atoms with E-state index in [-0.39, 0.29) is 6.61 Å². The highest BCUT2D eigenvalue weighted by Gasteiger charge is 2.44. The van der Waals surface area contributed by atoms with Crippen LogP contribution in [0.5, 0.6) is 0 Å². The Hall–Kier alpha value is -0.790. The number of carboxylic acid groups (broad SMARTS) is 1. The third-order valence-electron chi connectivity index (χ3n) is 2.90. The standard InChI is InChI=1S/C10H15NO5S/c12-8(7-5-15-2-3-16-7)11-10(9(13)14)1-4-17-6-10/h7H,1-6H2,(H,11,12)(H,13,14)/t7-,10+/m0/s1. The minimum Gasteiger partial charge on any atom is -0.479 e. The molecule has 2 atom stereocenters. The molecule has 0 bridgehead atoms. The summed E-state index contributed by atoms with van der Waals surface area (Å²) in [5, 5.41) is 11.8. The van der Waals surface area contributed by atoms with Gasteiger partial charge < -0.3 is 19.9 Å². The molecule has 2 heterocycles. The molecule has 2 fully saturated rings. The Morgan fingerprint density at radius 3 is 2.76 bits per heavy atom. The predicted molar refractivity (Wildman–Crippen MR) is 61.0 cm³/mol. The maximum Gasteiger partial charge on any atom is 0.330 e. The fourth-order valence-corrected chi connectivity index (χ4v) is 3.17. The second-order valence-electron chi connectivity index (χ2n) is 4.11. The molecule has 1 amide bonds. The maximum absolute atomic E-state index is 11.9. The highest BCUT2D eigenvalue weighted by Crippen LogP contribution is 2.28. The van der Waals surface area contributed by atoms with E-state index in [1.807, 2.05) is 0 Å². The molecule has 2 aliphatic heterocycles. The minimum absolute atomic E-state index is 0.189. The van der Waals surface area contributed by atoms with E-state index in [1.54, 1.807) is 0 Å². The zero-order valence-electron chi connectivity index (χ0n) is 9.31. The summed E-state index contributed by atoms with van der Waals surface area (Å²) in [7, 11) is 0. The summed E-state index contributed by atoms with van der Waals surface area (Å²) >= 11 is 1.53. The number of aliphatic carboxylic acids is 1. The average Bonchev–Trinajstić information content (AvgIpc) is 2.80. The van der Waals surface area contributed by atoms with Gasteiger partial charge in [0, 0.05) is 5.75 Å². The van der Waals surface area contributed by atoms with Crippen LogP contribution in [0.2, 0.25) is 0 Å². The van der Waals surface area contributed by atoms with Crippen LogP contribution in [0.3, 0.4) is 0 Å². The Morgan fingerprint density at radius 2 is 2.24 bits per heavy atom. The van der Waals surface area contributed by atoms with Crippen LogP contribution in [0.1, 0.15) is 6.42 Å². The van der Waals surface area contributed by atoms with Crippen molar-refractivity contribution in [3.05, 3.63) is 0 Å². The van der Waals surface area contributed by atoms with Crippen LogP contribution in [-0.2, 0) is 19.1 Å². The predicted octanol–water partition coefficient (Wildman–Crippen LogP) is -0.522. The summed E-state index contributed by atoms with van der Waals surface area (Å²) in [6.45, 7) is 1.03. The molecular formula is C10H15NO5S. The number of amides is 1. The van der Waals surface area contributed by atoms with Crippen molar-refractivity contribution in [3.8, 4) is 0 Å². The van der Waals surface area contributed by atoms with Gasteiger partial charge in [-0.3, -0.25) is 4.79 Å². The van der Waals surface area contributed by atoms with E-state index in [0.29, 0.717) is 25.4 Å². The molecule has 0 saturated carbocycles. The van der Waals surface area contributed by atoms with Crippen molar-refractivity contribution in [2.45, 2.75) is 18.1 Å². The molecular weight excluding hydrogens is 246 g/mol.